The van der Waals surface area contributed by atoms with E-state index in [0.717, 1.165) is 10.4 Å². The Labute approximate surface area is 123 Å². The fraction of sp³-hybridized carbons (Fsp3) is 0.385. The van der Waals surface area contributed by atoms with Crippen LogP contribution in [-0.2, 0) is 10.0 Å². The number of rotatable bonds is 6. The van der Waals surface area contributed by atoms with E-state index >= 15 is 0 Å². The van der Waals surface area contributed by atoms with Crippen LogP contribution >= 0.6 is 0 Å². The molecule has 1 unspecified atom stereocenters. The molecule has 0 aliphatic rings. The van der Waals surface area contributed by atoms with Gasteiger partial charge in [0.25, 0.3) is 0 Å². The van der Waals surface area contributed by atoms with Gasteiger partial charge in [-0.15, -0.1) is 0 Å². The minimum absolute atomic E-state index is 0.0245. The van der Waals surface area contributed by atoms with E-state index in [2.05, 4.69) is 0 Å². The van der Waals surface area contributed by atoms with Gasteiger partial charge in [-0.2, -0.15) is 9.57 Å². The predicted octanol–water partition coefficient (Wildman–Crippen LogP) is 1.32. The van der Waals surface area contributed by atoms with E-state index in [1.807, 2.05) is 6.07 Å². The van der Waals surface area contributed by atoms with Crippen molar-refractivity contribution in [1.29, 1.82) is 5.26 Å². The van der Waals surface area contributed by atoms with Crippen LogP contribution in [0, 0.1) is 11.3 Å². The first-order chi connectivity index (χ1) is 9.75. The molecule has 8 heteroatoms. The quantitative estimate of drug-likeness (QED) is 0.848. The fourth-order valence-electron chi connectivity index (χ4n) is 1.66. The second-order valence-electron chi connectivity index (χ2n) is 4.40. The lowest BCUT2D eigenvalue weighted by Gasteiger charge is -2.23. The normalized spacial score (nSPS) is 12.7. The molecule has 1 rings (SSSR count). The molecule has 0 saturated heterocycles. The molecule has 0 aromatic heterocycles. The number of benzene rings is 1. The van der Waals surface area contributed by atoms with Crippen LogP contribution in [0.5, 0.6) is 5.75 Å². The van der Waals surface area contributed by atoms with Crippen LogP contribution in [0.2, 0.25) is 0 Å². The Morgan fingerprint density at radius 1 is 1.52 bits per heavy atom. The van der Waals surface area contributed by atoms with Gasteiger partial charge in [-0.1, -0.05) is 0 Å². The number of carbonyl (C=O) groups is 1. The summed E-state index contributed by atoms with van der Waals surface area (Å²) in [5.74, 6) is -1.18. The van der Waals surface area contributed by atoms with E-state index < -0.39 is 22.0 Å². The number of carboxylic acid groups (broad SMARTS) is 1. The Morgan fingerprint density at radius 2 is 2.14 bits per heavy atom. The lowest BCUT2D eigenvalue weighted by molar-refractivity contribution is 0.0696. The van der Waals surface area contributed by atoms with Crippen molar-refractivity contribution in [3.05, 3.63) is 23.8 Å². The average molecular weight is 312 g/mol. The second kappa shape index (κ2) is 6.56. The third kappa shape index (κ3) is 3.51. The van der Waals surface area contributed by atoms with Gasteiger partial charge in [-0.3, -0.25) is 0 Å². The molecular formula is C13H16N2O5S. The summed E-state index contributed by atoms with van der Waals surface area (Å²) in [6.07, 6.45) is 0.0245. The number of ether oxygens (including phenoxy) is 1. The minimum atomic E-state index is -3.97. The molecule has 1 aromatic rings. The number of methoxy groups -OCH3 is 1. The number of hydrogen-bond acceptors (Lipinski definition) is 5. The predicted molar refractivity (Wildman–Crippen MR) is 74.6 cm³/mol. The third-order valence-electron chi connectivity index (χ3n) is 3.08. The largest absolute Gasteiger partial charge is 0.495 e. The molecule has 0 amide bonds. The molecule has 0 aliphatic carbocycles. The first-order valence-corrected chi connectivity index (χ1v) is 7.46. The number of sulfonamides is 1. The van der Waals surface area contributed by atoms with Crippen molar-refractivity contribution in [3.63, 3.8) is 0 Å². The van der Waals surface area contributed by atoms with Crippen molar-refractivity contribution in [2.24, 2.45) is 0 Å². The van der Waals surface area contributed by atoms with Gasteiger partial charge in [0.05, 0.1) is 25.2 Å². The van der Waals surface area contributed by atoms with Crippen LogP contribution in [0.4, 0.5) is 0 Å². The molecule has 0 radical (unpaired) electrons. The van der Waals surface area contributed by atoms with E-state index in [0.29, 0.717) is 0 Å². The van der Waals surface area contributed by atoms with Crippen LogP contribution in [0.3, 0.4) is 0 Å². The van der Waals surface area contributed by atoms with E-state index in [-0.39, 0.29) is 22.6 Å². The van der Waals surface area contributed by atoms with Crippen molar-refractivity contribution in [2.75, 3.05) is 14.2 Å². The lowest BCUT2D eigenvalue weighted by Crippen LogP contribution is -2.35. The molecule has 114 valence electrons. The van der Waals surface area contributed by atoms with Crippen LogP contribution in [0.1, 0.15) is 23.7 Å². The highest BCUT2D eigenvalue weighted by Crippen LogP contribution is 2.28. The maximum atomic E-state index is 12.5. The molecule has 0 spiro atoms. The molecule has 0 saturated carbocycles. The molecule has 0 bridgehead atoms. The summed E-state index contributed by atoms with van der Waals surface area (Å²) in [4.78, 5) is 10.8. The SMILES string of the molecule is COc1ccc(C(=O)O)cc1S(=O)(=O)N(C)C(C)CC#N. The van der Waals surface area contributed by atoms with Gasteiger partial charge >= 0.3 is 5.97 Å². The Hall–Kier alpha value is -2.11. The first-order valence-electron chi connectivity index (χ1n) is 6.02. The highest BCUT2D eigenvalue weighted by molar-refractivity contribution is 7.89. The first kappa shape index (κ1) is 16.9. The monoisotopic (exact) mass is 312 g/mol. The molecule has 1 aromatic carbocycles. The Morgan fingerprint density at radius 3 is 2.62 bits per heavy atom. The van der Waals surface area contributed by atoms with Crippen molar-refractivity contribution in [3.8, 4) is 11.8 Å². The number of aromatic carboxylic acids is 1. The standard InChI is InChI=1S/C13H16N2O5S/c1-9(6-7-14)15(2)21(18,19)12-8-10(13(16)17)4-5-11(12)20-3/h4-5,8-9H,6H2,1-3H3,(H,16,17). The molecule has 1 N–H and O–H groups in total. The van der Waals surface area contributed by atoms with Gasteiger partial charge in [0, 0.05) is 13.1 Å². The van der Waals surface area contributed by atoms with E-state index in [1.165, 1.54) is 26.3 Å². The Kier molecular flexibility index (Phi) is 5.29. The maximum Gasteiger partial charge on any atom is 0.335 e. The highest BCUT2D eigenvalue weighted by atomic mass is 32.2. The number of nitrogens with zero attached hydrogens (tertiary/aromatic N) is 2. The molecule has 1 atom stereocenters. The zero-order valence-corrected chi connectivity index (χ0v) is 12.7. The molecule has 0 heterocycles. The van der Waals surface area contributed by atoms with Crippen LogP contribution in [-0.4, -0.2) is 44.0 Å². The average Bonchev–Trinajstić information content (AvgIpc) is 2.45. The van der Waals surface area contributed by atoms with Crippen LogP contribution < -0.4 is 4.74 Å². The topological polar surface area (TPSA) is 108 Å². The molecule has 0 aliphatic heterocycles. The van der Waals surface area contributed by atoms with E-state index in [9.17, 15) is 13.2 Å². The molecule has 21 heavy (non-hydrogen) atoms. The summed E-state index contributed by atoms with van der Waals surface area (Å²) in [6, 6.07) is 4.96. The number of nitriles is 1. The van der Waals surface area contributed by atoms with Crippen LogP contribution in [0.15, 0.2) is 23.1 Å². The summed E-state index contributed by atoms with van der Waals surface area (Å²) in [5, 5.41) is 17.6. The van der Waals surface area contributed by atoms with Gasteiger partial charge in [0.2, 0.25) is 10.0 Å². The zero-order chi connectivity index (χ0) is 16.2. The number of hydrogen-bond donors (Lipinski definition) is 1. The van der Waals surface area contributed by atoms with E-state index in [1.54, 1.807) is 6.92 Å². The van der Waals surface area contributed by atoms with Gasteiger partial charge in [-0.25, -0.2) is 13.2 Å². The highest BCUT2D eigenvalue weighted by Gasteiger charge is 2.29. The summed E-state index contributed by atoms with van der Waals surface area (Å²) in [5.41, 5.74) is -0.157. The lowest BCUT2D eigenvalue weighted by atomic mass is 10.2. The van der Waals surface area contributed by atoms with Gasteiger partial charge in [0.15, 0.2) is 0 Å². The summed E-state index contributed by atoms with van der Waals surface area (Å²) < 4.78 is 31.1. The zero-order valence-electron chi connectivity index (χ0n) is 11.9. The fourth-order valence-corrected chi connectivity index (χ4v) is 3.20. The van der Waals surface area contributed by atoms with Crippen molar-refractivity contribution in [2.45, 2.75) is 24.3 Å². The Bertz CT molecular complexity index is 678. The molecule has 0 fully saturated rings. The smallest absolute Gasteiger partial charge is 0.335 e. The summed E-state index contributed by atoms with van der Waals surface area (Å²) >= 11 is 0. The van der Waals surface area contributed by atoms with Crippen molar-refractivity contribution in [1.82, 2.24) is 4.31 Å². The minimum Gasteiger partial charge on any atom is -0.495 e. The summed E-state index contributed by atoms with van der Waals surface area (Å²) in [6.45, 7) is 1.59. The van der Waals surface area contributed by atoms with Crippen LogP contribution in [0.25, 0.3) is 0 Å². The number of carboxylic acids is 1. The van der Waals surface area contributed by atoms with Gasteiger partial charge in [-0.05, 0) is 25.1 Å². The third-order valence-corrected chi connectivity index (χ3v) is 5.07. The van der Waals surface area contributed by atoms with Gasteiger partial charge in [0.1, 0.15) is 10.6 Å². The molecule has 7 nitrogen and oxygen atoms in total. The van der Waals surface area contributed by atoms with Gasteiger partial charge < -0.3 is 9.84 Å². The Balaban J connectivity index is 3.39. The maximum absolute atomic E-state index is 12.5. The van der Waals surface area contributed by atoms with E-state index in [4.69, 9.17) is 15.1 Å². The van der Waals surface area contributed by atoms with Crippen molar-refractivity contribution >= 4 is 16.0 Å². The second-order valence-corrected chi connectivity index (χ2v) is 6.37. The molecular weight excluding hydrogens is 296 g/mol. The van der Waals surface area contributed by atoms with Crippen molar-refractivity contribution < 1.29 is 23.1 Å². The summed E-state index contributed by atoms with van der Waals surface area (Å²) in [7, 11) is -1.33.